The van der Waals surface area contributed by atoms with Crippen molar-refractivity contribution >= 4 is 52.2 Å². The summed E-state index contributed by atoms with van der Waals surface area (Å²) < 4.78 is 30.9. The summed E-state index contributed by atoms with van der Waals surface area (Å²) in [6, 6.07) is 0. The third-order valence-electron chi connectivity index (χ3n) is 9.68. The molecule has 0 aliphatic carbocycles. The van der Waals surface area contributed by atoms with Crippen molar-refractivity contribution in [1.82, 2.24) is 15.5 Å². The molecule has 3 amide bonds. The van der Waals surface area contributed by atoms with Gasteiger partial charge in [-0.2, -0.15) is 0 Å². The van der Waals surface area contributed by atoms with E-state index in [1.54, 1.807) is 13.8 Å². The molecule has 0 saturated carbocycles. The fraction of sp³-hybridized carbons (Fsp3) is 0.500. The molecule has 20 heteroatoms. The van der Waals surface area contributed by atoms with Gasteiger partial charge in [0.2, 0.25) is 0 Å². The Balaban J connectivity index is 0.000000205. The van der Waals surface area contributed by atoms with Crippen LogP contribution in [0.4, 0.5) is 34.5 Å². The summed E-state index contributed by atoms with van der Waals surface area (Å²) in [6.07, 6.45) is -2.43. The number of hydrogen-bond acceptors (Lipinski definition) is 14. The SMILES string of the molecule is [C-]#[N+]c1c(N2C(=O)C(OC)=C(C)C2O)noc1C(C)(C)C.[C-]#[N+]c1c(N2C(=O)C(OC)=C(C)C2O)noc1C(C)(C)C.[C-]#[N+]c1c(N2CC(C)=C(OC)C2=O)noc1C(C)(C)C. The molecule has 62 heavy (non-hydrogen) atoms. The summed E-state index contributed by atoms with van der Waals surface area (Å²) in [6.45, 7) is 44.4. The molecule has 6 heterocycles. The molecule has 3 aliphatic rings. The molecule has 3 aromatic heterocycles. The van der Waals surface area contributed by atoms with Crippen LogP contribution in [0.3, 0.4) is 0 Å². The highest BCUT2D eigenvalue weighted by Gasteiger charge is 2.44. The van der Waals surface area contributed by atoms with Crippen molar-refractivity contribution in [3.05, 3.63) is 85.5 Å². The number of ether oxygens (including phenoxy) is 3. The molecule has 3 aromatic rings. The lowest BCUT2D eigenvalue weighted by Crippen LogP contribution is -2.35. The van der Waals surface area contributed by atoms with Gasteiger partial charge in [-0.05, 0) is 26.3 Å². The molecule has 6 rings (SSSR count). The first kappa shape index (κ1) is 47.7. The van der Waals surface area contributed by atoms with Crippen LogP contribution in [0, 0.1) is 19.7 Å². The highest BCUT2D eigenvalue weighted by atomic mass is 16.5. The van der Waals surface area contributed by atoms with Gasteiger partial charge in [-0.25, -0.2) is 14.5 Å². The van der Waals surface area contributed by atoms with Crippen molar-refractivity contribution in [2.24, 2.45) is 0 Å². The van der Waals surface area contributed by atoms with E-state index in [2.05, 4.69) is 30.0 Å². The van der Waals surface area contributed by atoms with Crippen LogP contribution in [-0.4, -0.2) is 83.7 Å². The van der Waals surface area contributed by atoms with Crippen LogP contribution in [0.1, 0.15) is 100 Å². The van der Waals surface area contributed by atoms with E-state index in [4.69, 9.17) is 47.5 Å². The minimum atomic E-state index is -1.22. The number of amides is 3. The Labute approximate surface area is 359 Å². The van der Waals surface area contributed by atoms with Crippen molar-refractivity contribution in [3.8, 4) is 0 Å². The molecule has 330 valence electrons. The molecule has 0 fully saturated rings. The van der Waals surface area contributed by atoms with Gasteiger partial charge >= 0.3 is 0 Å². The van der Waals surface area contributed by atoms with E-state index in [-0.39, 0.29) is 57.4 Å². The molecular weight excluding hydrogens is 807 g/mol. The van der Waals surface area contributed by atoms with Crippen molar-refractivity contribution in [1.29, 1.82) is 0 Å². The van der Waals surface area contributed by atoms with Crippen LogP contribution in [0.25, 0.3) is 14.5 Å². The fourth-order valence-electron chi connectivity index (χ4n) is 6.54. The van der Waals surface area contributed by atoms with E-state index in [9.17, 15) is 24.6 Å². The molecule has 3 aliphatic heterocycles. The topological polar surface area (TPSA) is 220 Å². The van der Waals surface area contributed by atoms with Gasteiger partial charge in [0, 0.05) is 27.4 Å². The second-order valence-corrected chi connectivity index (χ2v) is 17.4. The van der Waals surface area contributed by atoms with Gasteiger partial charge in [0.25, 0.3) is 34.8 Å². The number of anilines is 3. The number of aromatic nitrogens is 3. The predicted octanol–water partition coefficient (Wildman–Crippen LogP) is 7.01. The quantitative estimate of drug-likeness (QED) is 0.238. The largest absolute Gasteiger partial charge is 0.491 e. The molecule has 0 bridgehead atoms. The zero-order chi connectivity index (χ0) is 47.0. The number of nitrogens with zero attached hydrogens (tertiary/aromatic N) is 9. The van der Waals surface area contributed by atoms with Gasteiger partial charge in [-0.15, -0.1) is 0 Å². The first-order chi connectivity index (χ1) is 28.8. The molecular formula is C42H51N9O11. The molecule has 2 N–H and O–H groups in total. The van der Waals surface area contributed by atoms with Crippen molar-refractivity contribution in [2.75, 3.05) is 42.6 Å². The smallest absolute Gasteiger partial charge is 0.296 e. The summed E-state index contributed by atoms with van der Waals surface area (Å²) in [5, 5.41) is 31.9. The van der Waals surface area contributed by atoms with Crippen molar-refractivity contribution < 1.29 is 52.4 Å². The van der Waals surface area contributed by atoms with Crippen molar-refractivity contribution in [3.63, 3.8) is 0 Å². The average molecular weight is 858 g/mol. The number of hydrogen-bond donors (Lipinski definition) is 2. The molecule has 20 nitrogen and oxygen atoms in total. The molecule has 0 aromatic carbocycles. The predicted molar refractivity (Wildman–Crippen MR) is 223 cm³/mol. The van der Waals surface area contributed by atoms with E-state index < -0.39 is 35.1 Å². The number of carbonyl (C=O) groups excluding carboxylic acids is 3. The molecule has 2 atom stereocenters. The monoisotopic (exact) mass is 857 g/mol. The molecule has 0 spiro atoms. The van der Waals surface area contributed by atoms with Crippen LogP contribution in [-0.2, 0) is 44.8 Å². The maximum absolute atomic E-state index is 12.3. The van der Waals surface area contributed by atoms with Gasteiger partial charge in [0.1, 0.15) is 0 Å². The van der Waals surface area contributed by atoms with E-state index in [1.807, 2.05) is 69.2 Å². The normalized spacial score (nSPS) is 18.1. The highest BCUT2D eigenvalue weighted by molar-refractivity contribution is 6.10. The van der Waals surface area contributed by atoms with Crippen LogP contribution >= 0.6 is 0 Å². The van der Waals surface area contributed by atoms with E-state index >= 15 is 0 Å². The third-order valence-corrected chi connectivity index (χ3v) is 9.68. The van der Waals surface area contributed by atoms with Gasteiger partial charge < -0.3 is 38.0 Å². The Morgan fingerprint density at radius 3 is 1.13 bits per heavy atom. The Bertz CT molecular complexity index is 2380. The Hall–Kier alpha value is -6.95. The maximum Gasteiger partial charge on any atom is 0.296 e. The third kappa shape index (κ3) is 8.50. The van der Waals surface area contributed by atoms with Gasteiger partial charge in [-0.1, -0.05) is 77.8 Å². The summed E-state index contributed by atoms with van der Waals surface area (Å²) >= 11 is 0. The first-order valence-corrected chi connectivity index (χ1v) is 19.0. The lowest BCUT2D eigenvalue weighted by molar-refractivity contribution is -0.118. The summed E-state index contributed by atoms with van der Waals surface area (Å²) in [5.74, 6) is 0.564. The molecule has 0 radical (unpaired) electrons. The number of aliphatic hydroxyl groups excluding tert-OH is 2. The Kier molecular flexibility index (Phi) is 13.5. The number of rotatable bonds is 6. The van der Waals surface area contributed by atoms with Crippen LogP contribution in [0.2, 0.25) is 0 Å². The number of aliphatic hydroxyl groups is 2. The fourth-order valence-corrected chi connectivity index (χ4v) is 6.54. The standard InChI is InChI=1S/2C14H17N3O4.C14H17N3O3/c2*1-7-9(20-6)13(19)17(12(7)18)11-8(15-5)10(21-16-11)14(2,3)4;1-8-7-17(13(18)10(8)19-6)12-9(15-5)11(20-16-12)14(2,3)4/h2*12,18H,1-4,6H3;7H2,1-4,6H3. The van der Waals surface area contributed by atoms with Crippen molar-refractivity contribution in [2.45, 2.75) is 112 Å². The minimum absolute atomic E-state index is 0.0128. The first-order valence-electron chi connectivity index (χ1n) is 19.0. The van der Waals surface area contributed by atoms with E-state index in [0.29, 0.717) is 40.7 Å². The Morgan fingerprint density at radius 1 is 0.565 bits per heavy atom. The second kappa shape index (κ2) is 17.6. The van der Waals surface area contributed by atoms with Crippen LogP contribution in [0.15, 0.2) is 47.6 Å². The maximum atomic E-state index is 12.3. The second-order valence-electron chi connectivity index (χ2n) is 17.4. The van der Waals surface area contributed by atoms with Crippen LogP contribution in [0.5, 0.6) is 0 Å². The number of methoxy groups -OCH3 is 3. The minimum Gasteiger partial charge on any atom is -0.491 e. The summed E-state index contributed by atoms with van der Waals surface area (Å²) in [5.41, 5.74) is 0.874. The Morgan fingerprint density at radius 2 is 0.871 bits per heavy atom. The van der Waals surface area contributed by atoms with E-state index in [0.717, 1.165) is 15.4 Å². The zero-order valence-electron chi connectivity index (χ0n) is 37.5. The molecule has 2 unspecified atom stereocenters. The van der Waals surface area contributed by atoms with E-state index in [1.165, 1.54) is 26.2 Å². The zero-order valence-corrected chi connectivity index (χ0v) is 37.5. The lowest BCUT2D eigenvalue weighted by atomic mass is 9.92. The van der Waals surface area contributed by atoms with Gasteiger partial charge in [-0.3, -0.25) is 29.1 Å². The van der Waals surface area contributed by atoms with Gasteiger partial charge in [0.05, 0.1) is 47.6 Å². The molecule has 0 saturated heterocycles. The average Bonchev–Trinajstić information content (AvgIpc) is 4.03. The number of carbonyl (C=O) groups is 3. The summed E-state index contributed by atoms with van der Waals surface area (Å²) in [7, 11) is 4.16. The van der Waals surface area contributed by atoms with Crippen LogP contribution < -0.4 is 14.7 Å². The highest BCUT2D eigenvalue weighted by Crippen LogP contribution is 2.44. The lowest BCUT2D eigenvalue weighted by Gasteiger charge is -2.19. The van der Waals surface area contributed by atoms with Gasteiger partial charge in [0.15, 0.2) is 64.5 Å². The summed E-state index contributed by atoms with van der Waals surface area (Å²) in [4.78, 5) is 50.6.